The number of unbranched alkanes of at least 4 members (excludes halogenated alkanes) is 1. The van der Waals surface area contributed by atoms with Gasteiger partial charge in [0.2, 0.25) is 5.91 Å². The van der Waals surface area contributed by atoms with Crippen LogP contribution in [0.3, 0.4) is 0 Å². The summed E-state index contributed by atoms with van der Waals surface area (Å²) in [7, 11) is 0. The maximum atomic E-state index is 13.7. The third-order valence-electron chi connectivity index (χ3n) is 3.28. The predicted molar refractivity (Wildman–Crippen MR) is 90.6 cm³/mol. The zero-order valence-electron chi connectivity index (χ0n) is 12.9. The molecule has 0 aliphatic rings. The van der Waals surface area contributed by atoms with E-state index in [0.29, 0.717) is 19.4 Å². The Bertz CT molecular complexity index is 676. The van der Waals surface area contributed by atoms with Crippen LogP contribution in [-0.4, -0.2) is 12.5 Å². The van der Waals surface area contributed by atoms with Crippen molar-refractivity contribution in [2.24, 2.45) is 0 Å². The molecular formula is C18H19ClFNO2. The van der Waals surface area contributed by atoms with E-state index in [1.807, 2.05) is 31.2 Å². The summed E-state index contributed by atoms with van der Waals surface area (Å²) < 4.78 is 19.3. The molecule has 2 aromatic rings. The maximum absolute atomic E-state index is 13.7. The van der Waals surface area contributed by atoms with Crippen LogP contribution in [0, 0.1) is 12.7 Å². The number of aryl methyl sites for hydroxylation is 1. The van der Waals surface area contributed by atoms with Crippen molar-refractivity contribution in [1.29, 1.82) is 0 Å². The van der Waals surface area contributed by atoms with Gasteiger partial charge >= 0.3 is 0 Å². The number of hydrogen-bond acceptors (Lipinski definition) is 2. The van der Waals surface area contributed by atoms with Crippen molar-refractivity contribution in [3.05, 3.63) is 58.9 Å². The lowest BCUT2D eigenvalue weighted by Gasteiger charge is -2.08. The highest BCUT2D eigenvalue weighted by Gasteiger charge is 2.09. The van der Waals surface area contributed by atoms with E-state index >= 15 is 0 Å². The molecule has 0 radical (unpaired) electrons. The Morgan fingerprint density at radius 2 is 2.00 bits per heavy atom. The molecule has 2 rings (SSSR count). The Balaban J connectivity index is 1.68. The fourth-order valence-corrected chi connectivity index (χ4v) is 2.27. The van der Waals surface area contributed by atoms with Crippen molar-refractivity contribution in [3.63, 3.8) is 0 Å². The Kier molecular flexibility index (Phi) is 6.41. The number of amides is 1. The molecule has 0 saturated carbocycles. The number of nitrogens with one attached hydrogen (secondary N) is 1. The number of carbonyl (C=O) groups is 1. The summed E-state index contributed by atoms with van der Waals surface area (Å²) in [6, 6.07) is 12.3. The number of ether oxygens (including phenoxy) is 1. The number of anilines is 1. The molecule has 2 aromatic carbocycles. The summed E-state index contributed by atoms with van der Waals surface area (Å²) in [6.45, 7) is 2.55. The summed E-state index contributed by atoms with van der Waals surface area (Å²) in [6.07, 6.45) is 1.72. The molecule has 0 aliphatic heterocycles. The highest BCUT2D eigenvalue weighted by Crippen LogP contribution is 2.22. The van der Waals surface area contributed by atoms with Crippen molar-refractivity contribution >= 4 is 23.2 Å². The van der Waals surface area contributed by atoms with Gasteiger partial charge in [-0.05, 0) is 49.6 Å². The van der Waals surface area contributed by atoms with Crippen LogP contribution in [0.15, 0.2) is 42.5 Å². The number of halogens is 2. The predicted octanol–water partition coefficient (Wildman–Crippen LogP) is 4.98. The molecule has 1 amide bonds. The second kappa shape index (κ2) is 8.53. The number of hydrogen-bond donors (Lipinski definition) is 1. The molecule has 0 spiro atoms. The van der Waals surface area contributed by atoms with Gasteiger partial charge in [0.05, 0.1) is 17.3 Å². The van der Waals surface area contributed by atoms with Crippen molar-refractivity contribution < 1.29 is 13.9 Å². The average molecular weight is 336 g/mol. The van der Waals surface area contributed by atoms with Crippen molar-refractivity contribution in [2.75, 3.05) is 11.9 Å². The number of carbonyl (C=O) groups excluding carboxylic acids is 1. The largest absolute Gasteiger partial charge is 0.494 e. The molecule has 122 valence electrons. The topological polar surface area (TPSA) is 38.3 Å². The van der Waals surface area contributed by atoms with Gasteiger partial charge in [0.15, 0.2) is 5.82 Å². The van der Waals surface area contributed by atoms with Gasteiger partial charge in [0.25, 0.3) is 0 Å². The minimum absolute atomic E-state index is 0.00523. The zero-order valence-corrected chi connectivity index (χ0v) is 13.7. The summed E-state index contributed by atoms with van der Waals surface area (Å²) >= 11 is 5.67. The van der Waals surface area contributed by atoms with E-state index in [1.54, 1.807) is 6.07 Å². The Hall–Kier alpha value is -2.07. The van der Waals surface area contributed by atoms with Crippen molar-refractivity contribution in [3.8, 4) is 5.75 Å². The molecular weight excluding hydrogens is 317 g/mol. The molecule has 0 saturated heterocycles. The van der Waals surface area contributed by atoms with Gasteiger partial charge < -0.3 is 10.1 Å². The smallest absolute Gasteiger partial charge is 0.224 e. The summed E-state index contributed by atoms with van der Waals surface area (Å²) in [5.41, 5.74) is 1.25. The van der Waals surface area contributed by atoms with Gasteiger partial charge in [-0.25, -0.2) is 4.39 Å². The fraction of sp³-hybridized carbons (Fsp3) is 0.278. The van der Waals surface area contributed by atoms with E-state index in [-0.39, 0.29) is 16.6 Å². The Morgan fingerprint density at radius 1 is 1.22 bits per heavy atom. The first-order valence-electron chi connectivity index (χ1n) is 7.49. The lowest BCUT2D eigenvalue weighted by molar-refractivity contribution is -0.116. The van der Waals surface area contributed by atoms with Gasteiger partial charge in [-0.2, -0.15) is 0 Å². The third-order valence-corrected chi connectivity index (χ3v) is 3.57. The molecule has 5 heteroatoms. The second-order valence-corrected chi connectivity index (χ2v) is 5.68. The molecule has 0 bridgehead atoms. The monoisotopic (exact) mass is 335 g/mol. The van der Waals surface area contributed by atoms with Gasteiger partial charge in [0.1, 0.15) is 5.75 Å². The van der Waals surface area contributed by atoms with Gasteiger partial charge in [0, 0.05) is 6.42 Å². The van der Waals surface area contributed by atoms with Crippen LogP contribution in [0.4, 0.5) is 10.1 Å². The number of rotatable bonds is 7. The van der Waals surface area contributed by atoms with Crippen LogP contribution in [-0.2, 0) is 4.79 Å². The average Bonchev–Trinajstić information content (AvgIpc) is 2.51. The van der Waals surface area contributed by atoms with E-state index in [1.165, 1.54) is 12.1 Å². The molecule has 0 unspecified atom stereocenters. The summed E-state index contributed by atoms with van der Waals surface area (Å²) in [5.74, 6) is -0.0116. The highest BCUT2D eigenvalue weighted by atomic mass is 35.5. The van der Waals surface area contributed by atoms with Gasteiger partial charge in [-0.15, -0.1) is 0 Å². The lowest BCUT2D eigenvalue weighted by atomic mass is 10.2. The first-order valence-corrected chi connectivity index (χ1v) is 7.87. The molecule has 0 fully saturated rings. The quantitative estimate of drug-likeness (QED) is 0.725. The van der Waals surface area contributed by atoms with Gasteiger partial charge in [-0.3, -0.25) is 4.79 Å². The molecule has 1 N–H and O–H groups in total. The van der Waals surface area contributed by atoms with Crippen LogP contribution < -0.4 is 10.1 Å². The van der Waals surface area contributed by atoms with Crippen LogP contribution in [0.2, 0.25) is 5.02 Å². The SMILES string of the molecule is Cc1cccc(OCCCCC(=O)Nc2cccc(Cl)c2F)c1. The van der Waals surface area contributed by atoms with Crippen molar-refractivity contribution in [1.82, 2.24) is 0 Å². The fourth-order valence-electron chi connectivity index (χ4n) is 2.10. The summed E-state index contributed by atoms with van der Waals surface area (Å²) in [4.78, 5) is 11.8. The lowest BCUT2D eigenvalue weighted by Crippen LogP contribution is -2.13. The Morgan fingerprint density at radius 3 is 2.78 bits per heavy atom. The first-order chi connectivity index (χ1) is 11.1. The van der Waals surface area contributed by atoms with Crippen LogP contribution >= 0.6 is 11.6 Å². The highest BCUT2D eigenvalue weighted by molar-refractivity contribution is 6.31. The normalized spacial score (nSPS) is 10.4. The standard InChI is InChI=1S/C18H19ClFNO2/c1-13-6-4-7-14(12-13)23-11-3-2-10-17(22)21-16-9-5-8-15(19)18(16)20/h4-9,12H,2-3,10-11H2,1H3,(H,21,22). The molecule has 3 nitrogen and oxygen atoms in total. The second-order valence-electron chi connectivity index (χ2n) is 5.27. The molecule has 0 heterocycles. The van der Waals surface area contributed by atoms with Crippen LogP contribution in [0.1, 0.15) is 24.8 Å². The van der Waals surface area contributed by atoms with E-state index in [9.17, 15) is 9.18 Å². The van der Waals surface area contributed by atoms with E-state index in [4.69, 9.17) is 16.3 Å². The van der Waals surface area contributed by atoms with Crippen molar-refractivity contribution in [2.45, 2.75) is 26.2 Å². The third kappa shape index (κ3) is 5.57. The van der Waals surface area contributed by atoms with E-state index < -0.39 is 5.82 Å². The molecule has 0 aliphatic carbocycles. The van der Waals surface area contributed by atoms with Gasteiger partial charge in [-0.1, -0.05) is 29.8 Å². The Labute approximate surface area is 140 Å². The van der Waals surface area contributed by atoms with Crippen LogP contribution in [0.25, 0.3) is 0 Å². The molecule has 0 atom stereocenters. The van der Waals surface area contributed by atoms with E-state index in [0.717, 1.165) is 17.7 Å². The minimum atomic E-state index is -0.606. The number of benzene rings is 2. The molecule has 23 heavy (non-hydrogen) atoms. The van der Waals surface area contributed by atoms with Crippen LogP contribution in [0.5, 0.6) is 5.75 Å². The maximum Gasteiger partial charge on any atom is 0.224 e. The first kappa shape index (κ1) is 17.3. The molecule has 0 aromatic heterocycles. The van der Waals surface area contributed by atoms with E-state index in [2.05, 4.69) is 5.32 Å². The minimum Gasteiger partial charge on any atom is -0.494 e. The zero-order chi connectivity index (χ0) is 16.7. The summed E-state index contributed by atoms with van der Waals surface area (Å²) in [5, 5.41) is 2.52.